The standard InChI is InChI=1S/C13H24N4O2/c1-4-5-11(17-8-6-14-7-9-17)12-15-13(19-16-12)10(2)18-3/h10-11,14H,4-9H2,1-3H3. The van der Waals surface area contributed by atoms with E-state index in [9.17, 15) is 0 Å². The van der Waals surface area contributed by atoms with E-state index >= 15 is 0 Å². The van der Waals surface area contributed by atoms with E-state index in [1.807, 2.05) is 6.92 Å². The van der Waals surface area contributed by atoms with Crippen molar-refractivity contribution in [3.63, 3.8) is 0 Å². The van der Waals surface area contributed by atoms with Gasteiger partial charge in [-0.3, -0.25) is 4.90 Å². The van der Waals surface area contributed by atoms with E-state index in [4.69, 9.17) is 9.26 Å². The fraction of sp³-hybridized carbons (Fsp3) is 0.846. The molecular weight excluding hydrogens is 244 g/mol. The van der Waals surface area contributed by atoms with Gasteiger partial charge in [-0.1, -0.05) is 18.5 Å². The molecule has 2 heterocycles. The van der Waals surface area contributed by atoms with Crippen molar-refractivity contribution in [2.24, 2.45) is 0 Å². The van der Waals surface area contributed by atoms with Gasteiger partial charge in [-0.15, -0.1) is 0 Å². The number of rotatable bonds is 6. The predicted molar refractivity (Wildman–Crippen MR) is 71.8 cm³/mol. The van der Waals surface area contributed by atoms with E-state index in [2.05, 4.69) is 27.3 Å². The Morgan fingerprint density at radius 3 is 2.79 bits per heavy atom. The van der Waals surface area contributed by atoms with Crippen molar-refractivity contribution in [2.45, 2.75) is 38.8 Å². The molecule has 6 nitrogen and oxygen atoms in total. The number of hydrogen-bond acceptors (Lipinski definition) is 6. The Labute approximate surface area is 114 Å². The second-order valence-corrected chi connectivity index (χ2v) is 4.96. The normalized spacial score (nSPS) is 20.4. The van der Waals surface area contributed by atoms with Gasteiger partial charge >= 0.3 is 0 Å². The highest BCUT2D eigenvalue weighted by Crippen LogP contribution is 2.25. The lowest BCUT2D eigenvalue weighted by Crippen LogP contribution is -2.45. The molecule has 6 heteroatoms. The summed E-state index contributed by atoms with van der Waals surface area (Å²) < 4.78 is 10.5. The zero-order valence-corrected chi connectivity index (χ0v) is 12.1. The molecule has 0 aliphatic carbocycles. The Bertz CT molecular complexity index is 376. The summed E-state index contributed by atoms with van der Waals surface area (Å²) in [6.45, 7) is 8.23. The Hall–Kier alpha value is -0.980. The summed E-state index contributed by atoms with van der Waals surface area (Å²) in [7, 11) is 1.65. The van der Waals surface area contributed by atoms with E-state index in [1.54, 1.807) is 7.11 Å². The molecule has 1 saturated heterocycles. The van der Waals surface area contributed by atoms with Gasteiger partial charge in [0.25, 0.3) is 5.89 Å². The van der Waals surface area contributed by atoms with Crippen LogP contribution < -0.4 is 5.32 Å². The number of methoxy groups -OCH3 is 1. The second-order valence-electron chi connectivity index (χ2n) is 4.96. The van der Waals surface area contributed by atoms with E-state index in [0.717, 1.165) is 44.8 Å². The van der Waals surface area contributed by atoms with Crippen molar-refractivity contribution in [1.82, 2.24) is 20.4 Å². The van der Waals surface area contributed by atoms with Gasteiger partial charge in [0, 0.05) is 33.3 Å². The van der Waals surface area contributed by atoms with Crippen LogP contribution in [0.15, 0.2) is 4.52 Å². The molecule has 0 saturated carbocycles. The number of nitrogens with zero attached hydrogens (tertiary/aromatic N) is 3. The van der Waals surface area contributed by atoms with Gasteiger partial charge < -0.3 is 14.6 Å². The maximum absolute atomic E-state index is 5.31. The second kappa shape index (κ2) is 6.98. The summed E-state index contributed by atoms with van der Waals surface area (Å²) in [6.07, 6.45) is 2.02. The zero-order valence-electron chi connectivity index (χ0n) is 12.1. The molecule has 19 heavy (non-hydrogen) atoms. The molecule has 1 fully saturated rings. The van der Waals surface area contributed by atoms with Crippen LogP contribution >= 0.6 is 0 Å². The van der Waals surface area contributed by atoms with Gasteiger partial charge in [0.15, 0.2) is 5.82 Å². The Kier molecular flexibility index (Phi) is 5.30. The molecule has 2 atom stereocenters. The van der Waals surface area contributed by atoms with Crippen LogP contribution in [-0.2, 0) is 4.74 Å². The molecule has 1 aromatic rings. The van der Waals surface area contributed by atoms with E-state index in [0.29, 0.717) is 5.89 Å². The van der Waals surface area contributed by atoms with Crippen LogP contribution in [-0.4, -0.2) is 48.3 Å². The lowest BCUT2D eigenvalue weighted by atomic mass is 10.1. The molecule has 2 unspecified atom stereocenters. The molecule has 0 bridgehead atoms. The van der Waals surface area contributed by atoms with E-state index in [-0.39, 0.29) is 12.1 Å². The Balaban J connectivity index is 2.11. The first-order valence-electron chi connectivity index (χ1n) is 7.07. The fourth-order valence-corrected chi connectivity index (χ4v) is 2.39. The summed E-state index contributed by atoms with van der Waals surface area (Å²) in [5, 5.41) is 7.52. The van der Waals surface area contributed by atoms with Crippen LogP contribution in [0.3, 0.4) is 0 Å². The van der Waals surface area contributed by atoms with Crippen molar-refractivity contribution in [1.29, 1.82) is 0 Å². The highest BCUT2D eigenvalue weighted by atomic mass is 16.5. The molecule has 1 N–H and O–H groups in total. The van der Waals surface area contributed by atoms with Crippen molar-refractivity contribution in [3.8, 4) is 0 Å². The highest BCUT2D eigenvalue weighted by molar-refractivity contribution is 4.97. The molecule has 0 aromatic carbocycles. The molecule has 0 radical (unpaired) electrons. The van der Waals surface area contributed by atoms with Gasteiger partial charge in [0.2, 0.25) is 0 Å². The van der Waals surface area contributed by atoms with Crippen LogP contribution in [0.4, 0.5) is 0 Å². The maximum atomic E-state index is 5.31. The maximum Gasteiger partial charge on any atom is 0.255 e. The summed E-state index contributed by atoms with van der Waals surface area (Å²) >= 11 is 0. The summed E-state index contributed by atoms with van der Waals surface area (Å²) in [4.78, 5) is 6.95. The first-order valence-corrected chi connectivity index (χ1v) is 7.07. The van der Waals surface area contributed by atoms with Crippen molar-refractivity contribution < 1.29 is 9.26 Å². The third kappa shape index (κ3) is 3.52. The fourth-order valence-electron chi connectivity index (χ4n) is 2.39. The molecule has 1 aromatic heterocycles. The minimum absolute atomic E-state index is 0.147. The number of hydrogen-bond donors (Lipinski definition) is 1. The predicted octanol–water partition coefficient (Wildman–Crippen LogP) is 1.52. The van der Waals surface area contributed by atoms with Crippen LogP contribution in [0.2, 0.25) is 0 Å². The lowest BCUT2D eigenvalue weighted by molar-refractivity contribution is 0.0885. The van der Waals surface area contributed by atoms with Gasteiger partial charge in [-0.25, -0.2) is 0 Å². The van der Waals surface area contributed by atoms with Crippen molar-refractivity contribution in [3.05, 3.63) is 11.7 Å². The summed E-state index contributed by atoms with van der Waals surface area (Å²) in [5.41, 5.74) is 0. The minimum Gasteiger partial charge on any atom is -0.372 e. The van der Waals surface area contributed by atoms with Crippen LogP contribution in [0.5, 0.6) is 0 Å². The topological polar surface area (TPSA) is 63.4 Å². The lowest BCUT2D eigenvalue weighted by Gasteiger charge is -2.33. The van der Waals surface area contributed by atoms with Crippen molar-refractivity contribution >= 4 is 0 Å². The van der Waals surface area contributed by atoms with Crippen LogP contribution in [0.25, 0.3) is 0 Å². The Morgan fingerprint density at radius 1 is 1.42 bits per heavy atom. The quantitative estimate of drug-likeness (QED) is 0.844. The molecule has 2 rings (SSSR count). The monoisotopic (exact) mass is 268 g/mol. The van der Waals surface area contributed by atoms with Crippen LogP contribution in [0, 0.1) is 0 Å². The average molecular weight is 268 g/mol. The zero-order chi connectivity index (χ0) is 13.7. The number of piperazine rings is 1. The third-order valence-electron chi connectivity index (χ3n) is 3.61. The van der Waals surface area contributed by atoms with Gasteiger partial charge in [0.1, 0.15) is 6.10 Å². The Morgan fingerprint density at radius 2 is 2.16 bits per heavy atom. The molecule has 1 aliphatic heterocycles. The molecule has 1 aliphatic rings. The third-order valence-corrected chi connectivity index (χ3v) is 3.61. The smallest absolute Gasteiger partial charge is 0.255 e. The van der Waals surface area contributed by atoms with Gasteiger partial charge in [-0.05, 0) is 13.3 Å². The van der Waals surface area contributed by atoms with Gasteiger partial charge in [-0.2, -0.15) is 4.98 Å². The van der Waals surface area contributed by atoms with Gasteiger partial charge in [0.05, 0.1) is 6.04 Å². The minimum atomic E-state index is -0.147. The van der Waals surface area contributed by atoms with Crippen molar-refractivity contribution in [2.75, 3.05) is 33.3 Å². The van der Waals surface area contributed by atoms with E-state index in [1.165, 1.54) is 0 Å². The first kappa shape index (κ1) is 14.4. The highest BCUT2D eigenvalue weighted by Gasteiger charge is 2.26. The number of nitrogens with one attached hydrogen (secondary N) is 1. The van der Waals surface area contributed by atoms with E-state index < -0.39 is 0 Å². The molecule has 0 spiro atoms. The average Bonchev–Trinajstić information content (AvgIpc) is 2.94. The number of ether oxygens (including phenoxy) is 1. The van der Waals surface area contributed by atoms with Crippen LogP contribution in [0.1, 0.15) is 50.6 Å². The number of aromatic nitrogens is 2. The largest absolute Gasteiger partial charge is 0.372 e. The molecule has 0 amide bonds. The summed E-state index contributed by atoms with van der Waals surface area (Å²) in [6, 6.07) is 0.258. The molecular formula is C13H24N4O2. The SMILES string of the molecule is CCCC(c1noc(C(C)OC)n1)N1CCNCC1. The summed E-state index contributed by atoms with van der Waals surface area (Å²) in [5.74, 6) is 1.36. The molecule has 108 valence electrons. The first-order chi connectivity index (χ1) is 9.26.